The summed E-state index contributed by atoms with van der Waals surface area (Å²) >= 11 is 9.48. The molecule has 0 atom stereocenters. The molecule has 0 saturated heterocycles. The van der Waals surface area contributed by atoms with Crippen LogP contribution in [0.2, 0.25) is 5.02 Å². The second-order valence-electron chi connectivity index (χ2n) is 3.80. The Hall–Kier alpha value is -1.19. The Kier molecular flexibility index (Phi) is 3.60. The van der Waals surface area contributed by atoms with E-state index in [0.717, 1.165) is 27.1 Å². The molecule has 2 aromatic carbocycles. The Morgan fingerprint density at radius 2 is 2.00 bits per heavy atom. The molecule has 4 heteroatoms. The Labute approximate surface area is 114 Å². The normalized spacial score (nSPS) is 10.3. The minimum absolute atomic E-state index is 0.683. The summed E-state index contributed by atoms with van der Waals surface area (Å²) in [6, 6.07) is 11.5. The van der Waals surface area contributed by atoms with E-state index in [1.165, 1.54) is 0 Å². The fraction of sp³-hybridized carbons (Fsp3) is 0.0769. The summed E-state index contributed by atoms with van der Waals surface area (Å²) in [5, 5.41) is 3.98. The molecule has 0 radical (unpaired) electrons. The molecule has 0 aliphatic carbocycles. The number of hydrogen-bond acceptors (Lipinski definition) is 2. The minimum atomic E-state index is 0.683. The van der Waals surface area contributed by atoms with Crippen molar-refractivity contribution in [3.05, 3.63) is 51.5 Å². The topological polar surface area (TPSA) is 38.0 Å². The van der Waals surface area contributed by atoms with E-state index in [1.807, 2.05) is 43.3 Å². The molecule has 0 fully saturated rings. The predicted molar refractivity (Wildman–Crippen MR) is 78.0 cm³/mol. The van der Waals surface area contributed by atoms with Gasteiger partial charge >= 0.3 is 0 Å². The lowest BCUT2D eigenvalue weighted by Crippen LogP contribution is -1.94. The standard InChI is InChI=1S/C13H12BrClN2/c1-8-7-9(5-6-11(8)16)17-12-4-2-3-10(15)13(12)14/h2-7,17H,16H2,1H3. The second kappa shape index (κ2) is 4.98. The molecule has 0 heterocycles. The van der Waals surface area contributed by atoms with Gasteiger partial charge in [0.2, 0.25) is 0 Å². The fourth-order valence-corrected chi connectivity index (χ4v) is 2.05. The lowest BCUT2D eigenvalue weighted by molar-refractivity contribution is 1.44. The van der Waals surface area contributed by atoms with Gasteiger partial charge in [-0.15, -0.1) is 0 Å². The number of nitrogen functional groups attached to an aromatic ring is 1. The second-order valence-corrected chi connectivity index (χ2v) is 5.00. The van der Waals surface area contributed by atoms with Crippen molar-refractivity contribution < 1.29 is 0 Å². The molecule has 0 bridgehead atoms. The zero-order valence-electron chi connectivity index (χ0n) is 9.30. The number of halogens is 2. The minimum Gasteiger partial charge on any atom is -0.399 e. The van der Waals surface area contributed by atoms with Gasteiger partial charge < -0.3 is 11.1 Å². The molecule has 0 spiro atoms. The van der Waals surface area contributed by atoms with E-state index in [-0.39, 0.29) is 0 Å². The van der Waals surface area contributed by atoms with Crippen LogP contribution < -0.4 is 11.1 Å². The molecule has 0 aromatic heterocycles. The number of benzene rings is 2. The number of rotatable bonds is 2. The summed E-state index contributed by atoms with van der Waals surface area (Å²) in [4.78, 5) is 0. The maximum absolute atomic E-state index is 6.03. The molecule has 2 rings (SSSR count). The zero-order valence-corrected chi connectivity index (χ0v) is 11.6. The summed E-state index contributed by atoms with van der Waals surface area (Å²) in [6.07, 6.45) is 0. The van der Waals surface area contributed by atoms with Crippen molar-refractivity contribution in [3.63, 3.8) is 0 Å². The van der Waals surface area contributed by atoms with Crippen LogP contribution in [0, 0.1) is 6.92 Å². The van der Waals surface area contributed by atoms with E-state index in [4.69, 9.17) is 17.3 Å². The molecule has 0 saturated carbocycles. The summed E-state index contributed by atoms with van der Waals surface area (Å²) in [5.74, 6) is 0. The third-order valence-corrected chi connectivity index (χ3v) is 3.90. The SMILES string of the molecule is Cc1cc(Nc2cccc(Cl)c2Br)ccc1N. The van der Waals surface area contributed by atoms with Gasteiger partial charge in [-0.2, -0.15) is 0 Å². The molecule has 0 amide bonds. The third kappa shape index (κ3) is 2.73. The van der Waals surface area contributed by atoms with Gasteiger partial charge in [-0.05, 0) is 58.7 Å². The van der Waals surface area contributed by atoms with Crippen LogP contribution in [0.3, 0.4) is 0 Å². The van der Waals surface area contributed by atoms with Crippen LogP contribution in [0.15, 0.2) is 40.9 Å². The van der Waals surface area contributed by atoms with E-state index in [9.17, 15) is 0 Å². The lowest BCUT2D eigenvalue weighted by Gasteiger charge is -2.11. The molecule has 17 heavy (non-hydrogen) atoms. The molecule has 0 aliphatic rings. The highest BCUT2D eigenvalue weighted by molar-refractivity contribution is 9.10. The zero-order chi connectivity index (χ0) is 12.4. The average molecular weight is 312 g/mol. The number of nitrogens with one attached hydrogen (secondary N) is 1. The van der Waals surface area contributed by atoms with Crippen LogP contribution in [0.5, 0.6) is 0 Å². The predicted octanol–water partition coefficient (Wildman–Crippen LogP) is 4.74. The Balaban J connectivity index is 2.31. The highest BCUT2D eigenvalue weighted by Gasteiger charge is 2.04. The van der Waals surface area contributed by atoms with Crippen LogP contribution in [-0.4, -0.2) is 0 Å². The monoisotopic (exact) mass is 310 g/mol. The first-order chi connectivity index (χ1) is 8.08. The fourth-order valence-electron chi connectivity index (χ4n) is 1.51. The molecule has 0 aliphatic heterocycles. The van der Waals surface area contributed by atoms with Gasteiger partial charge in [0, 0.05) is 11.4 Å². The van der Waals surface area contributed by atoms with Crippen LogP contribution in [0.1, 0.15) is 5.56 Å². The Bertz CT molecular complexity index is 555. The van der Waals surface area contributed by atoms with Gasteiger partial charge in [0.05, 0.1) is 15.2 Å². The largest absolute Gasteiger partial charge is 0.399 e. The number of anilines is 3. The summed E-state index contributed by atoms with van der Waals surface area (Å²) < 4.78 is 0.858. The maximum atomic E-state index is 6.03. The molecule has 2 aromatic rings. The lowest BCUT2D eigenvalue weighted by atomic mass is 10.2. The highest BCUT2D eigenvalue weighted by Crippen LogP contribution is 2.32. The van der Waals surface area contributed by atoms with Crippen molar-refractivity contribution in [2.24, 2.45) is 0 Å². The summed E-state index contributed by atoms with van der Waals surface area (Å²) in [6.45, 7) is 1.98. The van der Waals surface area contributed by atoms with E-state index >= 15 is 0 Å². The van der Waals surface area contributed by atoms with Crippen molar-refractivity contribution >= 4 is 44.6 Å². The molecular weight excluding hydrogens is 300 g/mol. The van der Waals surface area contributed by atoms with Crippen molar-refractivity contribution in [2.75, 3.05) is 11.1 Å². The third-order valence-electron chi connectivity index (χ3n) is 2.50. The Morgan fingerprint density at radius 3 is 2.71 bits per heavy atom. The van der Waals surface area contributed by atoms with Crippen LogP contribution in [0.4, 0.5) is 17.1 Å². The maximum Gasteiger partial charge on any atom is 0.0596 e. The van der Waals surface area contributed by atoms with Gasteiger partial charge in [-0.25, -0.2) is 0 Å². The van der Waals surface area contributed by atoms with Gasteiger partial charge in [0.15, 0.2) is 0 Å². The quantitative estimate of drug-likeness (QED) is 0.786. The number of nitrogens with two attached hydrogens (primary N) is 1. The molecule has 88 valence electrons. The molecule has 3 N–H and O–H groups in total. The first-order valence-corrected chi connectivity index (χ1v) is 6.32. The van der Waals surface area contributed by atoms with E-state index in [1.54, 1.807) is 0 Å². The van der Waals surface area contributed by atoms with Gasteiger partial charge in [0.25, 0.3) is 0 Å². The number of hydrogen-bond donors (Lipinski definition) is 2. The van der Waals surface area contributed by atoms with E-state index in [2.05, 4.69) is 21.2 Å². The van der Waals surface area contributed by atoms with E-state index < -0.39 is 0 Å². The smallest absolute Gasteiger partial charge is 0.0596 e. The molecular formula is C13H12BrClN2. The van der Waals surface area contributed by atoms with Crippen LogP contribution in [0.25, 0.3) is 0 Å². The van der Waals surface area contributed by atoms with E-state index in [0.29, 0.717) is 5.02 Å². The summed E-state index contributed by atoms with van der Waals surface area (Å²) in [5.41, 5.74) is 9.54. The van der Waals surface area contributed by atoms with Crippen molar-refractivity contribution in [1.29, 1.82) is 0 Å². The van der Waals surface area contributed by atoms with Crippen LogP contribution in [-0.2, 0) is 0 Å². The first kappa shape index (κ1) is 12.3. The van der Waals surface area contributed by atoms with Crippen LogP contribution >= 0.6 is 27.5 Å². The van der Waals surface area contributed by atoms with Crippen molar-refractivity contribution in [2.45, 2.75) is 6.92 Å². The van der Waals surface area contributed by atoms with Gasteiger partial charge in [-0.1, -0.05) is 17.7 Å². The Morgan fingerprint density at radius 1 is 1.24 bits per heavy atom. The molecule has 2 nitrogen and oxygen atoms in total. The van der Waals surface area contributed by atoms with Gasteiger partial charge in [0.1, 0.15) is 0 Å². The average Bonchev–Trinajstić information content (AvgIpc) is 2.30. The highest BCUT2D eigenvalue weighted by atomic mass is 79.9. The van der Waals surface area contributed by atoms with Gasteiger partial charge in [-0.3, -0.25) is 0 Å². The van der Waals surface area contributed by atoms with Crippen molar-refractivity contribution in [3.8, 4) is 0 Å². The number of aryl methyl sites for hydroxylation is 1. The molecule has 0 unspecified atom stereocenters. The summed E-state index contributed by atoms with van der Waals surface area (Å²) in [7, 11) is 0. The van der Waals surface area contributed by atoms with Crippen molar-refractivity contribution in [1.82, 2.24) is 0 Å². The first-order valence-electron chi connectivity index (χ1n) is 5.15.